The first-order valence-electron chi connectivity index (χ1n) is 6.33. The molecular weight excluding hydrogens is 228 g/mol. The van der Waals surface area contributed by atoms with Crippen molar-refractivity contribution in [3.05, 3.63) is 23.8 Å². The van der Waals surface area contributed by atoms with Crippen molar-refractivity contribution in [1.29, 1.82) is 0 Å². The molecule has 0 saturated carbocycles. The van der Waals surface area contributed by atoms with Gasteiger partial charge in [0.2, 0.25) is 0 Å². The number of hydrogen-bond acceptors (Lipinski definition) is 3. The Bertz CT molecular complexity index is 306. The molecule has 0 aliphatic carbocycles. The Kier molecular flexibility index (Phi) is 6.94. The Morgan fingerprint density at radius 2 is 1.94 bits per heavy atom. The predicted molar refractivity (Wildman–Crippen MR) is 80.9 cm³/mol. The molecule has 0 aliphatic heterocycles. The van der Waals surface area contributed by atoms with Crippen LogP contribution in [0.1, 0.15) is 31.2 Å². The summed E-state index contributed by atoms with van der Waals surface area (Å²) in [5.41, 5.74) is 9.13. The number of unbranched alkanes of at least 4 members (excludes halogenated alkanes) is 3. The van der Waals surface area contributed by atoms with Gasteiger partial charge in [-0.05, 0) is 43.4 Å². The highest BCUT2D eigenvalue weighted by molar-refractivity contribution is 7.98. The third-order valence-electron chi connectivity index (χ3n) is 2.88. The molecule has 1 aromatic carbocycles. The molecular formula is C14H24N2S. The Morgan fingerprint density at radius 3 is 2.65 bits per heavy atom. The minimum Gasteiger partial charge on any atom is -0.397 e. The molecule has 2 nitrogen and oxygen atoms in total. The molecule has 0 saturated heterocycles. The van der Waals surface area contributed by atoms with Crippen molar-refractivity contribution in [1.82, 2.24) is 0 Å². The first kappa shape index (κ1) is 14.2. The van der Waals surface area contributed by atoms with Crippen molar-refractivity contribution >= 4 is 23.1 Å². The SMILES string of the molecule is CSCCCCCCNc1c(C)cccc1N. The van der Waals surface area contributed by atoms with Crippen LogP contribution in [-0.4, -0.2) is 18.6 Å². The van der Waals surface area contributed by atoms with Crippen LogP contribution in [0.15, 0.2) is 18.2 Å². The van der Waals surface area contributed by atoms with Crippen LogP contribution in [-0.2, 0) is 0 Å². The van der Waals surface area contributed by atoms with E-state index in [-0.39, 0.29) is 0 Å². The molecule has 1 aromatic rings. The van der Waals surface area contributed by atoms with Crippen molar-refractivity contribution in [2.75, 3.05) is 29.6 Å². The molecule has 1 rings (SSSR count). The van der Waals surface area contributed by atoms with Crippen LogP contribution >= 0.6 is 11.8 Å². The lowest BCUT2D eigenvalue weighted by Crippen LogP contribution is -2.05. The number of hydrogen-bond donors (Lipinski definition) is 2. The molecule has 0 heterocycles. The fourth-order valence-corrected chi connectivity index (χ4v) is 2.36. The van der Waals surface area contributed by atoms with Crippen LogP contribution in [0.5, 0.6) is 0 Å². The van der Waals surface area contributed by atoms with Crippen LogP contribution in [0.3, 0.4) is 0 Å². The molecule has 0 bridgehead atoms. The van der Waals surface area contributed by atoms with Gasteiger partial charge in [0.15, 0.2) is 0 Å². The second-order valence-electron chi connectivity index (χ2n) is 4.37. The van der Waals surface area contributed by atoms with Crippen LogP contribution < -0.4 is 11.1 Å². The summed E-state index contributed by atoms with van der Waals surface area (Å²) in [6.45, 7) is 3.12. The number of thioether (sulfide) groups is 1. The second kappa shape index (κ2) is 8.29. The summed E-state index contributed by atoms with van der Waals surface area (Å²) in [5, 5.41) is 3.44. The maximum Gasteiger partial charge on any atom is 0.0603 e. The first-order valence-corrected chi connectivity index (χ1v) is 7.73. The number of nitrogens with two attached hydrogens (primary N) is 1. The maximum atomic E-state index is 5.94. The maximum absolute atomic E-state index is 5.94. The van der Waals surface area contributed by atoms with E-state index in [1.165, 1.54) is 37.0 Å². The van der Waals surface area contributed by atoms with E-state index in [2.05, 4.69) is 24.6 Å². The summed E-state index contributed by atoms with van der Waals surface area (Å²) in [7, 11) is 0. The topological polar surface area (TPSA) is 38.0 Å². The lowest BCUT2D eigenvalue weighted by molar-refractivity contribution is 0.689. The average Bonchev–Trinajstić information content (AvgIpc) is 2.31. The lowest BCUT2D eigenvalue weighted by atomic mass is 10.1. The van der Waals surface area contributed by atoms with Gasteiger partial charge in [-0.15, -0.1) is 0 Å². The molecule has 0 unspecified atom stereocenters. The smallest absolute Gasteiger partial charge is 0.0603 e. The molecule has 0 atom stereocenters. The van der Waals surface area contributed by atoms with E-state index in [4.69, 9.17) is 5.73 Å². The Balaban J connectivity index is 2.18. The molecule has 3 heteroatoms. The first-order chi connectivity index (χ1) is 8.25. The van der Waals surface area contributed by atoms with Gasteiger partial charge in [-0.25, -0.2) is 0 Å². The van der Waals surface area contributed by atoms with Crippen LogP contribution in [0, 0.1) is 6.92 Å². The third kappa shape index (κ3) is 5.35. The summed E-state index contributed by atoms with van der Waals surface area (Å²) in [5.74, 6) is 1.29. The van der Waals surface area contributed by atoms with Crippen molar-refractivity contribution in [3.8, 4) is 0 Å². The zero-order valence-electron chi connectivity index (χ0n) is 11.0. The zero-order valence-corrected chi connectivity index (χ0v) is 11.8. The van der Waals surface area contributed by atoms with Crippen molar-refractivity contribution in [3.63, 3.8) is 0 Å². The number of aryl methyl sites for hydroxylation is 1. The van der Waals surface area contributed by atoms with E-state index in [0.29, 0.717) is 0 Å². The van der Waals surface area contributed by atoms with E-state index in [1.807, 2.05) is 23.9 Å². The number of anilines is 2. The molecule has 17 heavy (non-hydrogen) atoms. The molecule has 3 N–H and O–H groups in total. The summed E-state index contributed by atoms with van der Waals surface area (Å²) < 4.78 is 0. The Hall–Kier alpha value is -0.830. The van der Waals surface area contributed by atoms with Gasteiger partial charge >= 0.3 is 0 Å². The number of para-hydroxylation sites is 1. The number of benzene rings is 1. The van der Waals surface area contributed by atoms with Gasteiger partial charge in [0.05, 0.1) is 11.4 Å². The molecule has 0 aromatic heterocycles. The summed E-state index contributed by atoms with van der Waals surface area (Å²) in [4.78, 5) is 0. The number of nitrogen functional groups attached to an aromatic ring is 1. The van der Waals surface area contributed by atoms with Gasteiger partial charge in [0, 0.05) is 6.54 Å². The minimum atomic E-state index is 0.854. The van der Waals surface area contributed by atoms with Gasteiger partial charge in [-0.2, -0.15) is 11.8 Å². The standard InChI is InChI=1S/C14H24N2S/c1-12-8-7-9-13(15)14(12)16-10-5-3-4-6-11-17-2/h7-9,16H,3-6,10-11,15H2,1-2H3. The third-order valence-corrected chi connectivity index (χ3v) is 3.58. The van der Waals surface area contributed by atoms with Crippen molar-refractivity contribution in [2.45, 2.75) is 32.6 Å². The molecule has 0 spiro atoms. The van der Waals surface area contributed by atoms with E-state index in [1.54, 1.807) is 0 Å². The fraction of sp³-hybridized carbons (Fsp3) is 0.571. The van der Waals surface area contributed by atoms with Gasteiger partial charge in [0.25, 0.3) is 0 Å². The van der Waals surface area contributed by atoms with E-state index < -0.39 is 0 Å². The highest BCUT2D eigenvalue weighted by Gasteiger charge is 2.00. The van der Waals surface area contributed by atoms with Crippen molar-refractivity contribution in [2.24, 2.45) is 0 Å². The minimum absolute atomic E-state index is 0.854. The monoisotopic (exact) mass is 252 g/mol. The predicted octanol–water partition coefficient (Wildman–Crippen LogP) is 3.91. The van der Waals surface area contributed by atoms with Gasteiger partial charge in [-0.1, -0.05) is 25.0 Å². The molecule has 96 valence electrons. The van der Waals surface area contributed by atoms with Gasteiger partial charge in [0.1, 0.15) is 0 Å². The van der Waals surface area contributed by atoms with Gasteiger partial charge in [-0.3, -0.25) is 0 Å². The van der Waals surface area contributed by atoms with Crippen LogP contribution in [0.2, 0.25) is 0 Å². The average molecular weight is 252 g/mol. The summed E-state index contributed by atoms with van der Waals surface area (Å²) in [6, 6.07) is 6.04. The molecule has 0 aliphatic rings. The largest absolute Gasteiger partial charge is 0.397 e. The lowest BCUT2D eigenvalue weighted by Gasteiger charge is -2.11. The molecule has 0 amide bonds. The Labute approximate surface area is 109 Å². The van der Waals surface area contributed by atoms with Crippen LogP contribution in [0.4, 0.5) is 11.4 Å². The van der Waals surface area contributed by atoms with Crippen LogP contribution in [0.25, 0.3) is 0 Å². The molecule has 0 fully saturated rings. The zero-order chi connectivity index (χ0) is 12.5. The fourth-order valence-electron chi connectivity index (χ4n) is 1.87. The normalized spacial score (nSPS) is 10.5. The Morgan fingerprint density at radius 1 is 1.18 bits per heavy atom. The number of nitrogens with one attached hydrogen (secondary N) is 1. The second-order valence-corrected chi connectivity index (χ2v) is 5.36. The van der Waals surface area contributed by atoms with E-state index >= 15 is 0 Å². The van der Waals surface area contributed by atoms with Gasteiger partial charge < -0.3 is 11.1 Å². The molecule has 0 radical (unpaired) electrons. The number of rotatable bonds is 8. The highest BCUT2D eigenvalue weighted by atomic mass is 32.2. The summed E-state index contributed by atoms with van der Waals surface area (Å²) >= 11 is 1.93. The highest BCUT2D eigenvalue weighted by Crippen LogP contribution is 2.22. The van der Waals surface area contributed by atoms with E-state index in [0.717, 1.165) is 17.9 Å². The van der Waals surface area contributed by atoms with E-state index in [9.17, 15) is 0 Å². The quantitative estimate of drug-likeness (QED) is 0.544. The summed E-state index contributed by atoms with van der Waals surface area (Å²) in [6.07, 6.45) is 7.38. The van der Waals surface area contributed by atoms with Crippen molar-refractivity contribution < 1.29 is 0 Å².